The number of carbonyl (C=O) groups is 2. The van der Waals surface area contributed by atoms with Gasteiger partial charge in [0.2, 0.25) is 0 Å². The van der Waals surface area contributed by atoms with Gasteiger partial charge in [0.1, 0.15) is 0 Å². The quantitative estimate of drug-likeness (QED) is 0.826. The highest BCUT2D eigenvalue weighted by atomic mass is 32.2. The van der Waals surface area contributed by atoms with E-state index >= 15 is 0 Å². The van der Waals surface area contributed by atoms with Crippen molar-refractivity contribution in [1.82, 2.24) is 10.2 Å². The number of hydrogen-bond donors (Lipinski definition) is 2. The monoisotopic (exact) mass is 318 g/mol. The average Bonchev–Trinajstić information content (AvgIpc) is 2.46. The lowest BCUT2D eigenvalue weighted by molar-refractivity contribution is -0.138. The van der Waals surface area contributed by atoms with Crippen LogP contribution in [0.4, 0.5) is 4.79 Å². The molecule has 0 aliphatic carbocycles. The zero-order valence-corrected chi connectivity index (χ0v) is 13.2. The number of carbonyl (C=O) groups excluding carboxylic acids is 1. The predicted molar refractivity (Wildman–Crippen MR) is 83.5 cm³/mol. The molecule has 5 nitrogen and oxygen atoms in total. The van der Waals surface area contributed by atoms with Gasteiger partial charge in [-0.1, -0.05) is 0 Å². The Balaban J connectivity index is 1.65. The lowest BCUT2D eigenvalue weighted by atomic mass is 9.94. The highest BCUT2D eigenvalue weighted by molar-refractivity contribution is 8.06. The Labute approximate surface area is 128 Å². The van der Waals surface area contributed by atoms with E-state index in [1.54, 1.807) is 0 Å². The number of nitrogens with zero attached hydrogens (tertiary/aromatic N) is 1. The number of carboxylic acid groups (broad SMARTS) is 1. The van der Waals surface area contributed by atoms with E-state index in [0.717, 1.165) is 25.1 Å². The lowest BCUT2D eigenvalue weighted by Gasteiger charge is -2.32. The fourth-order valence-corrected chi connectivity index (χ4v) is 5.17. The molecule has 2 aliphatic rings. The molecule has 0 saturated carbocycles. The standard InChI is InChI=1S/C13H22N2O3S2/c16-12(17)7-10-1-3-15(4-2-10)13(18)14-8-11-9-19-5-6-20-11/h10-11H,1-9H2,(H,14,18)(H,16,17). The third-order valence-electron chi connectivity index (χ3n) is 3.73. The largest absolute Gasteiger partial charge is 0.481 e. The molecule has 2 N–H and O–H groups in total. The minimum atomic E-state index is -0.736. The number of piperidine rings is 1. The van der Waals surface area contributed by atoms with Gasteiger partial charge >= 0.3 is 12.0 Å². The van der Waals surface area contributed by atoms with Crippen LogP contribution in [0.3, 0.4) is 0 Å². The van der Waals surface area contributed by atoms with Gasteiger partial charge in [-0.2, -0.15) is 23.5 Å². The molecule has 0 aromatic heterocycles. The Morgan fingerprint density at radius 3 is 2.60 bits per heavy atom. The third kappa shape index (κ3) is 5.09. The Morgan fingerprint density at radius 1 is 1.25 bits per heavy atom. The molecule has 2 amide bonds. The second-order valence-corrected chi connectivity index (χ2v) is 7.84. The number of hydrogen-bond acceptors (Lipinski definition) is 4. The summed E-state index contributed by atoms with van der Waals surface area (Å²) in [5.74, 6) is 2.99. The van der Waals surface area contributed by atoms with Crippen LogP contribution in [0.15, 0.2) is 0 Å². The maximum Gasteiger partial charge on any atom is 0.317 e. The van der Waals surface area contributed by atoms with E-state index < -0.39 is 5.97 Å². The first kappa shape index (κ1) is 15.8. The summed E-state index contributed by atoms with van der Waals surface area (Å²) in [5.41, 5.74) is 0. The Hall–Kier alpha value is -0.560. The van der Waals surface area contributed by atoms with Crippen LogP contribution >= 0.6 is 23.5 Å². The number of thioether (sulfide) groups is 2. The summed E-state index contributed by atoms with van der Waals surface area (Å²) in [5, 5.41) is 12.3. The minimum absolute atomic E-state index is 0.00921. The number of carboxylic acids is 1. The number of urea groups is 1. The second kappa shape index (κ2) is 8.02. The van der Waals surface area contributed by atoms with Gasteiger partial charge in [-0.05, 0) is 18.8 Å². The molecule has 114 valence electrons. The van der Waals surface area contributed by atoms with E-state index in [4.69, 9.17) is 5.11 Å². The topological polar surface area (TPSA) is 69.6 Å². The van der Waals surface area contributed by atoms with Crippen molar-refractivity contribution in [3.8, 4) is 0 Å². The van der Waals surface area contributed by atoms with Gasteiger partial charge in [-0.3, -0.25) is 4.79 Å². The van der Waals surface area contributed by atoms with E-state index in [9.17, 15) is 9.59 Å². The van der Waals surface area contributed by atoms with Crippen LogP contribution in [-0.2, 0) is 4.79 Å². The average molecular weight is 318 g/mol. The van der Waals surface area contributed by atoms with Crippen molar-refractivity contribution in [2.24, 2.45) is 5.92 Å². The maximum absolute atomic E-state index is 12.1. The molecule has 0 bridgehead atoms. The molecule has 0 radical (unpaired) electrons. The highest BCUT2D eigenvalue weighted by Gasteiger charge is 2.24. The number of nitrogens with one attached hydrogen (secondary N) is 1. The van der Waals surface area contributed by atoms with Crippen LogP contribution in [-0.4, -0.2) is 64.1 Å². The molecule has 7 heteroatoms. The minimum Gasteiger partial charge on any atom is -0.481 e. The Kier molecular flexibility index (Phi) is 6.35. The molecule has 20 heavy (non-hydrogen) atoms. The normalized spacial score (nSPS) is 24.4. The lowest BCUT2D eigenvalue weighted by Crippen LogP contribution is -2.46. The van der Waals surface area contributed by atoms with Crippen LogP contribution in [0.25, 0.3) is 0 Å². The first-order chi connectivity index (χ1) is 9.65. The molecule has 1 unspecified atom stereocenters. The van der Waals surface area contributed by atoms with E-state index in [2.05, 4.69) is 5.32 Å². The molecule has 2 heterocycles. The second-order valence-electron chi connectivity index (χ2n) is 5.28. The number of likely N-dealkylation sites (tertiary alicyclic amines) is 1. The van der Waals surface area contributed by atoms with Crippen molar-refractivity contribution in [2.75, 3.05) is 36.9 Å². The van der Waals surface area contributed by atoms with Gasteiger partial charge in [-0.25, -0.2) is 4.79 Å². The summed E-state index contributed by atoms with van der Waals surface area (Å²) < 4.78 is 0. The smallest absolute Gasteiger partial charge is 0.317 e. The molecular weight excluding hydrogens is 296 g/mol. The SMILES string of the molecule is O=C(O)CC1CCN(C(=O)NCC2CSCCS2)CC1. The van der Waals surface area contributed by atoms with Crippen LogP contribution in [0, 0.1) is 5.92 Å². The van der Waals surface area contributed by atoms with Crippen LogP contribution in [0.1, 0.15) is 19.3 Å². The fourth-order valence-electron chi connectivity index (χ4n) is 2.55. The van der Waals surface area contributed by atoms with E-state index in [1.165, 1.54) is 11.5 Å². The number of rotatable bonds is 4. The van der Waals surface area contributed by atoms with Crippen molar-refractivity contribution in [1.29, 1.82) is 0 Å². The molecule has 0 aromatic rings. The maximum atomic E-state index is 12.1. The van der Waals surface area contributed by atoms with Gasteiger partial charge in [0, 0.05) is 48.6 Å². The van der Waals surface area contributed by atoms with Crippen molar-refractivity contribution in [3.05, 3.63) is 0 Å². The first-order valence-corrected chi connectivity index (χ1v) is 9.29. The van der Waals surface area contributed by atoms with Gasteiger partial charge < -0.3 is 15.3 Å². The Bertz CT molecular complexity index is 341. The summed E-state index contributed by atoms with van der Waals surface area (Å²) in [6, 6.07) is 0.00921. The summed E-state index contributed by atoms with van der Waals surface area (Å²) in [7, 11) is 0. The van der Waals surface area contributed by atoms with E-state index in [1.807, 2.05) is 28.4 Å². The summed E-state index contributed by atoms with van der Waals surface area (Å²) >= 11 is 3.89. The van der Waals surface area contributed by atoms with Crippen molar-refractivity contribution >= 4 is 35.5 Å². The van der Waals surface area contributed by atoms with Gasteiger partial charge in [-0.15, -0.1) is 0 Å². The molecule has 0 spiro atoms. The molecular formula is C13H22N2O3S2. The first-order valence-electron chi connectivity index (χ1n) is 7.09. The van der Waals surface area contributed by atoms with Crippen LogP contribution < -0.4 is 5.32 Å². The Morgan fingerprint density at radius 2 is 2.00 bits per heavy atom. The highest BCUT2D eigenvalue weighted by Crippen LogP contribution is 2.24. The van der Waals surface area contributed by atoms with Crippen LogP contribution in [0.5, 0.6) is 0 Å². The van der Waals surface area contributed by atoms with Gasteiger partial charge in [0.05, 0.1) is 0 Å². The fraction of sp³-hybridized carbons (Fsp3) is 0.846. The zero-order valence-electron chi connectivity index (χ0n) is 11.5. The third-order valence-corrected chi connectivity index (χ3v) is 6.58. The summed E-state index contributed by atoms with van der Waals surface area (Å²) in [6.07, 6.45) is 1.83. The molecule has 0 aromatic carbocycles. The van der Waals surface area contributed by atoms with Gasteiger partial charge in [0.15, 0.2) is 0 Å². The molecule has 2 fully saturated rings. The van der Waals surface area contributed by atoms with Crippen LogP contribution in [0.2, 0.25) is 0 Å². The summed E-state index contributed by atoms with van der Waals surface area (Å²) in [6.45, 7) is 2.10. The molecule has 2 saturated heterocycles. The van der Waals surface area contributed by atoms with Crippen molar-refractivity contribution < 1.29 is 14.7 Å². The number of amides is 2. The molecule has 1 atom stereocenters. The van der Waals surface area contributed by atoms with E-state index in [0.29, 0.717) is 18.3 Å². The number of aliphatic carboxylic acids is 1. The predicted octanol–water partition coefficient (Wildman–Crippen LogP) is 1.73. The van der Waals surface area contributed by atoms with Gasteiger partial charge in [0.25, 0.3) is 0 Å². The summed E-state index contributed by atoms with van der Waals surface area (Å²) in [4.78, 5) is 24.5. The van der Waals surface area contributed by atoms with E-state index in [-0.39, 0.29) is 18.4 Å². The van der Waals surface area contributed by atoms with Crippen molar-refractivity contribution in [3.63, 3.8) is 0 Å². The van der Waals surface area contributed by atoms with Crippen molar-refractivity contribution in [2.45, 2.75) is 24.5 Å². The molecule has 2 rings (SSSR count). The molecule has 2 aliphatic heterocycles. The zero-order chi connectivity index (χ0) is 14.4.